The van der Waals surface area contributed by atoms with Crippen molar-refractivity contribution in [2.45, 2.75) is 231 Å². The van der Waals surface area contributed by atoms with Crippen LogP contribution in [0.2, 0.25) is 0 Å². The monoisotopic (exact) mass is 832 g/mol. The number of carboxylic acids is 1. The van der Waals surface area contributed by atoms with E-state index in [-0.39, 0.29) is 42.7 Å². The maximum Gasteiger partial charge on any atom is 0.306 e. The van der Waals surface area contributed by atoms with Crippen LogP contribution < -0.4 is 5.11 Å². The Balaban J connectivity index is 4.22. The number of aliphatic carboxylic acids is 1. The number of nitrogens with zero attached hydrogens (tertiary/aromatic N) is 1. The van der Waals surface area contributed by atoms with Crippen molar-refractivity contribution in [2.75, 3.05) is 41.0 Å². The number of ether oxygens (including phenoxy) is 3. The third kappa shape index (κ3) is 40.7. The van der Waals surface area contributed by atoms with Crippen LogP contribution in [0.5, 0.6) is 0 Å². The standard InChI is InChI=1S/C51H93NO7/c1-6-8-10-12-14-16-18-20-22-23-24-25-26-27-28-30-31-33-35-37-39-41-49(53)58-46-47(45-57-44-43-48(51(55)56)52(3,4)5)59-50(54)42-40-38-36-34-32-29-21-19-17-15-13-11-9-7-2/h8,10,14,16,20,22,47-48H,6-7,9,11-13,15,17-19,21,23-46H2,1-5H3/b10-8+,16-14+,22-20+. The van der Waals surface area contributed by atoms with E-state index in [0.29, 0.717) is 12.8 Å². The van der Waals surface area contributed by atoms with E-state index < -0.39 is 18.1 Å². The number of esters is 2. The number of hydrogen-bond acceptors (Lipinski definition) is 7. The molecule has 0 spiro atoms. The van der Waals surface area contributed by atoms with Crippen molar-refractivity contribution in [3.63, 3.8) is 0 Å². The second kappa shape index (κ2) is 42.2. The Kier molecular flexibility index (Phi) is 40.5. The molecule has 0 aliphatic carbocycles. The quantitative estimate of drug-likeness (QED) is 0.0261. The Hall–Kier alpha value is -2.45. The van der Waals surface area contributed by atoms with E-state index in [9.17, 15) is 19.5 Å². The van der Waals surface area contributed by atoms with Gasteiger partial charge in [0.2, 0.25) is 0 Å². The van der Waals surface area contributed by atoms with Crippen molar-refractivity contribution in [1.82, 2.24) is 0 Å². The van der Waals surface area contributed by atoms with E-state index >= 15 is 0 Å². The van der Waals surface area contributed by atoms with Crippen molar-refractivity contribution in [3.05, 3.63) is 36.5 Å². The average molecular weight is 832 g/mol. The topological polar surface area (TPSA) is 102 Å². The molecule has 344 valence electrons. The summed E-state index contributed by atoms with van der Waals surface area (Å²) in [6.07, 6.45) is 48.8. The number of rotatable bonds is 44. The molecule has 2 atom stereocenters. The fraction of sp³-hybridized carbons (Fsp3) is 0.824. The van der Waals surface area contributed by atoms with Gasteiger partial charge in [-0.3, -0.25) is 9.59 Å². The predicted molar refractivity (Wildman–Crippen MR) is 245 cm³/mol. The molecule has 0 N–H and O–H groups in total. The van der Waals surface area contributed by atoms with E-state index in [0.717, 1.165) is 57.8 Å². The zero-order valence-corrected chi connectivity index (χ0v) is 39.2. The van der Waals surface area contributed by atoms with Crippen LogP contribution in [0, 0.1) is 0 Å². The number of hydrogen-bond donors (Lipinski definition) is 0. The summed E-state index contributed by atoms with van der Waals surface area (Å²) in [7, 11) is 5.42. The molecule has 59 heavy (non-hydrogen) atoms. The molecule has 8 nitrogen and oxygen atoms in total. The Bertz CT molecular complexity index is 1060. The van der Waals surface area contributed by atoms with Gasteiger partial charge in [-0.1, -0.05) is 192 Å². The maximum atomic E-state index is 12.7. The zero-order chi connectivity index (χ0) is 43.5. The minimum absolute atomic E-state index is 0.0435. The molecule has 0 radical (unpaired) electrons. The Morgan fingerprint density at radius 2 is 0.949 bits per heavy atom. The smallest absolute Gasteiger partial charge is 0.306 e. The molecule has 0 saturated heterocycles. The third-order valence-corrected chi connectivity index (χ3v) is 11.0. The summed E-state index contributed by atoms with van der Waals surface area (Å²) in [4.78, 5) is 37.0. The lowest BCUT2D eigenvalue weighted by atomic mass is 10.0. The number of unbranched alkanes of at least 4 members (excludes halogenated alkanes) is 24. The fourth-order valence-corrected chi connectivity index (χ4v) is 7.26. The van der Waals surface area contributed by atoms with E-state index in [2.05, 4.69) is 50.3 Å². The molecule has 0 amide bonds. The first-order chi connectivity index (χ1) is 28.6. The Labute approximate surface area is 364 Å². The molecule has 0 bridgehead atoms. The summed E-state index contributed by atoms with van der Waals surface area (Å²) in [5, 5.41) is 11.6. The summed E-state index contributed by atoms with van der Waals surface area (Å²) in [5.41, 5.74) is 0. The van der Waals surface area contributed by atoms with Crippen LogP contribution >= 0.6 is 0 Å². The molecule has 0 aliphatic rings. The van der Waals surface area contributed by atoms with E-state index in [1.165, 1.54) is 128 Å². The Morgan fingerprint density at radius 3 is 1.41 bits per heavy atom. The second-order valence-corrected chi connectivity index (χ2v) is 17.7. The normalized spacial score (nSPS) is 13.2. The van der Waals surface area contributed by atoms with Crippen molar-refractivity contribution in [3.8, 4) is 0 Å². The van der Waals surface area contributed by atoms with Crippen LogP contribution in [0.15, 0.2) is 36.5 Å². The van der Waals surface area contributed by atoms with Gasteiger partial charge in [0.15, 0.2) is 6.10 Å². The summed E-state index contributed by atoms with van der Waals surface area (Å²) >= 11 is 0. The van der Waals surface area contributed by atoms with Gasteiger partial charge in [-0.15, -0.1) is 0 Å². The second-order valence-electron chi connectivity index (χ2n) is 17.7. The fourth-order valence-electron chi connectivity index (χ4n) is 7.26. The van der Waals surface area contributed by atoms with Crippen LogP contribution in [-0.2, 0) is 28.6 Å². The average Bonchev–Trinajstić information content (AvgIpc) is 3.19. The molecule has 2 unspecified atom stereocenters. The van der Waals surface area contributed by atoms with Gasteiger partial charge in [0.1, 0.15) is 12.6 Å². The molecule has 0 aromatic carbocycles. The van der Waals surface area contributed by atoms with Gasteiger partial charge >= 0.3 is 11.9 Å². The molecule has 0 fully saturated rings. The van der Waals surface area contributed by atoms with Crippen LogP contribution in [-0.4, -0.2) is 75.5 Å². The molecule has 0 aromatic heterocycles. The van der Waals surface area contributed by atoms with Crippen LogP contribution in [0.4, 0.5) is 0 Å². The highest BCUT2D eigenvalue weighted by molar-refractivity contribution is 5.70. The lowest BCUT2D eigenvalue weighted by molar-refractivity contribution is -0.889. The first-order valence-corrected chi connectivity index (χ1v) is 24.5. The molecule has 0 aromatic rings. The van der Waals surface area contributed by atoms with Gasteiger partial charge in [-0.05, 0) is 44.9 Å². The third-order valence-electron chi connectivity index (χ3n) is 11.0. The number of allylic oxidation sites excluding steroid dienone is 6. The highest BCUT2D eigenvalue weighted by atomic mass is 16.6. The van der Waals surface area contributed by atoms with Gasteiger partial charge < -0.3 is 28.6 Å². The van der Waals surface area contributed by atoms with Gasteiger partial charge in [-0.2, -0.15) is 0 Å². The van der Waals surface area contributed by atoms with E-state index in [1.807, 2.05) is 0 Å². The van der Waals surface area contributed by atoms with Crippen molar-refractivity contribution in [1.29, 1.82) is 0 Å². The van der Waals surface area contributed by atoms with Crippen LogP contribution in [0.1, 0.15) is 219 Å². The predicted octanol–water partition coefficient (Wildman–Crippen LogP) is 12.5. The molecule has 0 heterocycles. The minimum Gasteiger partial charge on any atom is -0.544 e. The molecular weight excluding hydrogens is 739 g/mol. The van der Waals surface area contributed by atoms with Gasteiger partial charge in [0.05, 0.1) is 40.3 Å². The minimum atomic E-state index is -1.12. The number of carbonyl (C=O) groups is 3. The lowest BCUT2D eigenvalue weighted by Gasteiger charge is -2.34. The van der Waals surface area contributed by atoms with Crippen molar-refractivity contribution < 1.29 is 38.2 Å². The van der Waals surface area contributed by atoms with E-state index in [4.69, 9.17) is 14.2 Å². The Morgan fingerprint density at radius 1 is 0.525 bits per heavy atom. The first-order valence-electron chi connectivity index (χ1n) is 24.5. The summed E-state index contributed by atoms with van der Waals surface area (Å²) in [6, 6.07) is -0.724. The van der Waals surface area contributed by atoms with Gasteiger partial charge in [-0.25, -0.2) is 0 Å². The molecular formula is C51H93NO7. The number of carboxylic acid groups (broad SMARTS) is 1. The summed E-state index contributed by atoms with van der Waals surface area (Å²) < 4.78 is 17.2. The summed E-state index contributed by atoms with van der Waals surface area (Å²) in [5.74, 6) is -1.73. The van der Waals surface area contributed by atoms with Crippen LogP contribution in [0.25, 0.3) is 0 Å². The molecule has 8 heteroatoms. The number of quaternary nitrogens is 1. The van der Waals surface area contributed by atoms with Crippen molar-refractivity contribution in [2.24, 2.45) is 0 Å². The van der Waals surface area contributed by atoms with Gasteiger partial charge in [0.25, 0.3) is 0 Å². The first kappa shape index (κ1) is 56.5. The highest BCUT2D eigenvalue weighted by Crippen LogP contribution is 2.16. The molecule has 0 rings (SSSR count). The summed E-state index contributed by atoms with van der Waals surface area (Å²) in [6.45, 7) is 4.58. The molecule has 0 saturated carbocycles. The lowest BCUT2D eigenvalue weighted by Crippen LogP contribution is -2.55. The number of likely N-dealkylation sites (N-methyl/N-ethyl adjacent to an activating group) is 1. The van der Waals surface area contributed by atoms with Crippen LogP contribution in [0.3, 0.4) is 0 Å². The maximum absolute atomic E-state index is 12.7. The van der Waals surface area contributed by atoms with Crippen molar-refractivity contribution >= 4 is 17.9 Å². The highest BCUT2D eigenvalue weighted by Gasteiger charge is 2.25. The van der Waals surface area contributed by atoms with E-state index in [1.54, 1.807) is 21.1 Å². The zero-order valence-electron chi connectivity index (χ0n) is 39.2. The van der Waals surface area contributed by atoms with Gasteiger partial charge in [0, 0.05) is 19.3 Å². The SMILES string of the molecule is CC/C=C/C/C=C/C/C=C/CCCCCCCCCCCCCC(=O)OCC(COCCC(C(=O)[O-])[N+](C)(C)C)OC(=O)CCCCCCCCCCCCCCCC. The molecule has 0 aliphatic heterocycles. The largest absolute Gasteiger partial charge is 0.544 e. The number of carbonyl (C=O) groups excluding carboxylic acids is 3.